The van der Waals surface area contributed by atoms with Crippen LogP contribution in [0.25, 0.3) is 0 Å². The molecule has 1 aliphatic carbocycles. The van der Waals surface area contributed by atoms with Crippen molar-refractivity contribution in [2.75, 3.05) is 6.61 Å². The van der Waals surface area contributed by atoms with Crippen LogP contribution >= 0.6 is 15.9 Å². The van der Waals surface area contributed by atoms with Gasteiger partial charge in [-0.25, -0.2) is 8.78 Å². The van der Waals surface area contributed by atoms with Crippen molar-refractivity contribution in [1.29, 1.82) is 0 Å². The zero-order valence-electron chi connectivity index (χ0n) is 8.06. The first-order chi connectivity index (χ1) is 7.06. The summed E-state index contributed by atoms with van der Waals surface area (Å²) in [5, 5.41) is 9.15. The van der Waals surface area contributed by atoms with E-state index in [-0.39, 0.29) is 12.0 Å². The molecule has 1 nitrogen and oxygen atoms in total. The Morgan fingerprint density at radius 1 is 1.27 bits per heavy atom. The first kappa shape index (κ1) is 11.0. The summed E-state index contributed by atoms with van der Waals surface area (Å²) in [6, 6.07) is 2.34. The van der Waals surface area contributed by atoms with Gasteiger partial charge in [-0.15, -0.1) is 0 Å². The zero-order chi connectivity index (χ0) is 11.1. The molecular weight excluding hydrogens is 266 g/mol. The lowest BCUT2D eigenvalue weighted by atomic mass is 9.97. The lowest BCUT2D eigenvalue weighted by Gasteiger charge is -2.13. The van der Waals surface area contributed by atoms with Gasteiger partial charge in [0.05, 0.1) is 0 Å². The Balaban J connectivity index is 2.25. The van der Waals surface area contributed by atoms with Crippen LogP contribution in [-0.4, -0.2) is 11.7 Å². The number of aliphatic hydroxyl groups is 1. The van der Waals surface area contributed by atoms with Crippen molar-refractivity contribution in [2.24, 2.45) is 5.41 Å². The Bertz CT molecular complexity index is 388. The van der Waals surface area contributed by atoms with Crippen LogP contribution in [0, 0.1) is 17.0 Å². The van der Waals surface area contributed by atoms with Gasteiger partial charge in [-0.1, -0.05) is 15.9 Å². The van der Waals surface area contributed by atoms with E-state index in [0.29, 0.717) is 10.9 Å². The Labute approximate surface area is 95.2 Å². The molecule has 15 heavy (non-hydrogen) atoms. The van der Waals surface area contributed by atoms with Gasteiger partial charge in [-0.2, -0.15) is 0 Å². The minimum absolute atomic E-state index is 0.0905. The summed E-state index contributed by atoms with van der Waals surface area (Å²) in [6.07, 6.45) is 2.51. The number of hydrogen-bond donors (Lipinski definition) is 1. The molecule has 1 aromatic rings. The average Bonchev–Trinajstić information content (AvgIpc) is 2.95. The van der Waals surface area contributed by atoms with Crippen molar-refractivity contribution < 1.29 is 13.9 Å². The largest absolute Gasteiger partial charge is 0.396 e. The van der Waals surface area contributed by atoms with Crippen molar-refractivity contribution >= 4 is 15.9 Å². The van der Waals surface area contributed by atoms with E-state index >= 15 is 0 Å². The SMILES string of the molecule is OCC1(Cc2cc(F)c(F)cc2Br)CC1. The maximum Gasteiger partial charge on any atom is 0.159 e. The molecule has 1 fully saturated rings. The first-order valence-electron chi connectivity index (χ1n) is 4.81. The Hall–Kier alpha value is -0.480. The van der Waals surface area contributed by atoms with E-state index in [0.717, 1.165) is 24.5 Å². The van der Waals surface area contributed by atoms with Crippen molar-refractivity contribution in [2.45, 2.75) is 19.3 Å². The van der Waals surface area contributed by atoms with E-state index in [1.807, 2.05) is 0 Å². The molecule has 0 aromatic heterocycles. The predicted octanol–water partition coefficient (Wildman–Crippen LogP) is 3.04. The first-order valence-corrected chi connectivity index (χ1v) is 5.60. The van der Waals surface area contributed by atoms with Crippen molar-refractivity contribution in [3.63, 3.8) is 0 Å². The third-order valence-corrected chi connectivity index (χ3v) is 3.69. The Morgan fingerprint density at radius 3 is 2.40 bits per heavy atom. The van der Waals surface area contributed by atoms with Crippen LogP contribution in [0.4, 0.5) is 8.78 Å². The molecule has 0 atom stereocenters. The van der Waals surface area contributed by atoms with Gasteiger partial charge in [-0.3, -0.25) is 0 Å². The molecule has 1 aliphatic rings. The lowest BCUT2D eigenvalue weighted by molar-refractivity contribution is 0.211. The maximum absolute atomic E-state index is 13.0. The van der Waals surface area contributed by atoms with Gasteiger partial charge in [0.1, 0.15) is 0 Å². The molecule has 1 aromatic carbocycles. The molecule has 0 saturated heterocycles. The van der Waals surface area contributed by atoms with Crippen molar-refractivity contribution in [3.8, 4) is 0 Å². The fourth-order valence-electron chi connectivity index (χ4n) is 1.67. The van der Waals surface area contributed by atoms with Crippen LogP contribution in [0.15, 0.2) is 16.6 Å². The van der Waals surface area contributed by atoms with E-state index in [1.54, 1.807) is 0 Å². The second-order valence-corrected chi connectivity index (χ2v) is 5.05. The van der Waals surface area contributed by atoms with Crippen LogP contribution in [0.1, 0.15) is 18.4 Å². The molecule has 0 bridgehead atoms. The number of benzene rings is 1. The van der Waals surface area contributed by atoms with Crippen LogP contribution in [-0.2, 0) is 6.42 Å². The minimum Gasteiger partial charge on any atom is -0.396 e. The molecule has 0 aliphatic heterocycles. The fraction of sp³-hybridized carbons (Fsp3) is 0.455. The fourth-order valence-corrected chi connectivity index (χ4v) is 2.13. The highest BCUT2D eigenvalue weighted by atomic mass is 79.9. The summed E-state index contributed by atoms with van der Waals surface area (Å²) in [5.74, 6) is -1.68. The highest BCUT2D eigenvalue weighted by molar-refractivity contribution is 9.10. The lowest BCUT2D eigenvalue weighted by Crippen LogP contribution is -2.11. The third kappa shape index (κ3) is 2.21. The van der Waals surface area contributed by atoms with Crippen molar-refractivity contribution in [3.05, 3.63) is 33.8 Å². The van der Waals surface area contributed by atoms with E-state index in [1.165, 1.54) is 6.07 Å². The molecule has 0 spiro atoms. The summed E-state index contributed by atoms with van der Waals surface area (Å²) in [7, 11) is 0. The van der Waals surface area contributed by atoms with E-state index in [4.69, 9.17) is 5.11 Å². The predicted molar refractivity (Wildman–Crippen MR) is 56.5 cm³/mol. The van der Waals surface area contributed by atoms with Gasteiger partial charge in [0.15, 0.2) is 11.6 Å². The molecule has 0 amide bonds. The summed E-state index contributed by atoms with van der Waals surface area (Å²) in [6.45, 7) is 0.110. The van der Waals surface area contributed by atoms with Gasteiger partial charge in [0.25, 0.3) is 0 Å². The molecule has 0 radical (unpaired) electrons. The smallest absolute Gasteiger partial charge is 0.159 e. The Morgan fingerprint density at radius 2 is 1.87 bits per heavy atom. The average molecular weight is 277 g/mol. The minimum atomic E-state index is -0.848. The normalized spacial score (nSPS) is 17.9. The summed E-state index contributed by atoms with van der Waals surface area (Å²) < 4.78 is 26.4. The Kier molecular flexibility index (Phi) is 2.81. The zero-order valence-corrected chi connectivity index (χ0v) is 9.65. The van der Waals surface area contributed by atoms with Crippen LogP contribution < -0.4 is 0 Å². The maximum atomic E-state index is 13.0. The number of halogens is 3. The molecule has 82 valence electrons. The van der Waals surface area contributed by atoms with Gasteiger partial charge in [-0.05, 0) is 42.4 Å². The molecule has 0 heterocycles. The molecule has 4 heteroatoms. The van der Waals surface area contributed by atoms with E-state index in [2.05, 4.69) is 15.9 Å². The second-order valence-electron chi connectivity index (χ2n) is 4.19. The quantitative estimate of drug-likeness (QED) is 0.842. The van der Waals surface area contributed by atoms with Crippen LogP contribution in [0.5, 0.6) is 0 Å². The van der Waals surface area contributed by atoms with Gasteiger partial charge in [0, 0.05) is 11.1 Å². The van der Waals surface area contributed by atoms with Crippen molar-refractivity contribution in [1.82, 2.24) is 0 Å². The highest BCUT2D eigenvalue weighted by Gasteiger charge is 2.42. The second kappa shape index (κ2) is 3.83. The number of rotatable bonds is 3. The monoisotopic (exact) mass is 276 g/mol. The summed E-state index contributed by atoms with van der Waals surface area (Å²) >= 11 is 3.20. The number of hydrogen-bond acceptors (Lipinski definition) is 1. The molecule has 1 N–H and O–H groups in total. The summed E-state index contributed by atoms with van der Waals surface area (Å²) in [4.78, 5) is 0. The van der Waals surface area contributed by atoms with Crippen LogP contribution in [0.3, 0.4) is 0 Å². The number of aliphatic hydroxyl groups excluding tert-OH is 1. The topological polar surface area (TPSA) is 20.2 Å². The van der Waals surface area contributed by atoms with Gasteiger partial charge in [0.2, 0.25) is 0 Å². The molecule has 1 saturated carbocycles. The molecular formula is C11H11BrF2O. The molecule has 2 rings (SSSR count). The highest BCUT2D eigenvalue weighted by Crippen LogP contribution is 2.48. The molecule has 0 unspecified atom stereocenters. The van der Waals surface area contributed by atoms with Gasteiger partial charge < -0.3 is 5.11 Å². The van der Waals surface area contributed by atoms with E-state index < -0.39 is 11.6 Å². The summed E-state index contributed by atoms with van der Waals surface area (Å²) in [5.41, 5.74) is 0.632. The van der Waals surface area contributed by atoms with E-state index in [9.17, 15) is 8.78 Å². The standard InChI is InChI=1S/C11H11BrF2O/c12-8-4-10(14)9(13)3-7(8)5-11(6-15)1-2-11/h3-4,15H,1-2,5-6H2. The van der Waals surface area contributed by atoms with Gasteiger partial charge >= 0.3 is 0 Å². The third-order valence-electron chi connectivity index (χ3n) is 2.95. The van der Waals surface area contributed by atoms with Crippen LogP contribution in [0.2, 0.25) is 0 Å².